The Hall–Kier alpha value is -1.75. The lowest BCUT2D eigenvalue weighted by Crippen LogP contribution is -2.16. The summed E-state index contributed by atoms with van der Waals surface area (Å²) >= 11 is 0. The summed E-state index contributed by atoms with van der Waals surface area (Å²) in [6, 6.07) is 8.83. The van der Waals surface area contributed by atoms with Gasteiger partial charge in [-0.1, -0.05) is 24.3 Å². The van der Waals surface area contributed by atoms with E-state index in [0.717, 1.165) is 38.2 Å². The molecule has 2 heterocycles. The van der Waals surface area contributed by atoms with Gasteiger partial charge in [-0.05, 0) is 42.7 Å². The van der Waals surface area contributed by atoms with E-state index in [-0.39, 0.29) is 0 Å². The molecule has 5 nitrogen and oxygen atoms in total. The summed E-state index contributed by atoms with van der Waals surface area (Å²) in [6.45, 7) is 4.14. The summed E-state index contributed by atoms with van der Waals surface area (Å²) in [6.07, 6.45) is 2.92. The molecular formula is C14H19N5. The molecule has 0 aliphatic carbocycles. The van der Waals surface area contributed by atoms with Crippen molar-refractivity contribution < 1.29 is 0 Å². The molecule has 0 saturated carbocycles. The van der Waals surface area contributed by atoms with Crippen LogP contribution in [0.25, 0.3) is 0 Å². The Morgan fingerprint density at radius 1 is 1.32 bits per heavy atom. The van der Waals surface area contributed by atoms with Crippen LogP contribution < -0.4 is 5.32 Å². The number of hydrogen-bond acceptors (Lipinski definition) is 4. The van der Waals surface area contributed by atoms with Gasteiger partial charge in [0.1, 0.15) is 0 Å². The van der Waals surface area contributed by atoms with Gasteiger partial charge in [0, 0.05) is 13.0 Å². The van der Waals surface area contributed by atoms with Gasteiger partial charge >= 0.3 is 0 Å². The van der Waals surface area contributed by atoms with Crippen molar-refractivity contribution in [3.05, 3.63) is 41.2 Å². The third-order valence-corrected chi connectivity index (χ3v) is 3.71. The number of aryl methyl sites for hydroxylation is 3. The maximum Gasteiger partial charge on any atom is 0.175 e. The van der Waals surface area contributed by atoms with E-state index < -0.39 is 0 Å². The van der Waals surface area contributed by atoms with E-state index in [1.54, 1.807) is 4.80 Å². The van der Waals surface area contributed by atoms with E-state index in [0.29, 0.717) is 6.04 Å². The summed E-state index contributed by atoms with van der Waals surface area (Å²) in [5.74, 6) is 0.843. The Bertz CT molecular complexity index is 542. The van der Waals surface area contributed by atoms with Crippen LogP contribution in [0.3, 0.4) is 0 Å². The lowest BCUT2D eigenvalue weighted by molar-refractivity contribution is 0.422. The zero-order chi connectivity index (χ0) is 13.1. The fourth-order valence-corrected chi connectivity index (χ4v) is 2.48. The van der Waals surface area contributed by atoms with E-state index in [1.807, 2.05) is 0 Å². The van der Waals surface area contributed by atoms with Crippen LogP contribution in [0.5, 0.6) is 0 Å². The van der Waals surface area contributed by atoms with Crippen molar-refractivity contribution in [2.45, 2.75) is 32.2 Å². The topological polar surface area (TPSA) is 55.6 Å². The molecule has 1 saturated heterocycles. The van der Waals surface area contributed by atoms with Crippen LogP contribution in [0.2, 0.25) is 0 Å². The molecular weight excluding hydrogens is 238 g/mol. The average Bonchev–Trinajstić information content (AvgIpc) is 3.09. The number of rotatable bonds is 4. The number of aromatic nitrogens is 4. The van der Waals surface area contributed by atoms with E-state index in [9.17, 15) is 0 Å². The van der Waals surface area contributed by atoms with Crippen molar-refractivity contribution in [2.75, 3.05) is 13.1 Å². The van der Waals surface area contributed by atoms with Crippen LogP contribution in [-0.2, 0) is 12.8 Å². The summed E-state index contributed by atoms with van der Waals surface area (Å²) in [5.41, 5.74) is 2.69. The highest BCUT2D eigenvalue weighted by atomic mass is 15.6. The third-order valence-electron chi connectivity index (χ3n) is 3.71. The van der Waals surface area contributed by atoms with Gasteiger partial charge in [0.25, 0.3) is 0 Å². The Morgan fingerprint density at radius 3 is 3.00 bits per heavy atom. The molecule has 100 valence electrons. The zero-order valence-electron chi connectivity index (χ0n) is 11.2. The monoisotopic (exact) mass is 257 g/mol. The van der Waals surface area contributed by atoms with Crippen LogP contribution in [-0.4, -0.2) is 33.3 Å². The highest BCUT2D eigenvalue weighted by molar-refractivity contribution is 5.25. The van der Waals surface area contributed by atoms with Crippen LogP contribution in [0.15, 0.2) is 24.3 Å². The zero-order valence-corrected chi connectivity index (χ0v) is 11.2. The van der Waals surface area contributed by atoms with Gasteiger partial charge in [-0.2, -0.15) is 4.80 Å². The molecule has 2 aromatic rings. The van der Waals surface area contributed by atoms with Crippen LogP contribution in [0.4, 0.5) is 0 Å². The van der Waals surface area contributed by atoms with Gasteiger partial charge in [0.2, 0.25) is 0 Å². The molecule has 0 bridgehead atoms. The first-order chi connectivity index (χ1) is 9.33. The lowest BCUT2D eigenvalue weighted by atomic mass is 10.0. The predicted molar refractivity (Wildman–Crippen MR) is 72.9 cm³/mol. The number of hydrogen-bond donors (Lipinski definition) is 1. The summed E-state index contributed by atoms with van der Waals surface area (Å²) in [7, 11) is 0. The molecule has 5 heteroatoms. The molecule has 19 heavy (non-hydrogen) atoms. The van der Waals surface area contributed by atoms with E-state index in [2.05, 4.69) is 51.9 Å². The highest BCUT2D eigenvalue weighted by Gasteiger charge is 2.19. The second kappa shape index (κ2) is 5.48. The second-order valence-corrected chi connectivity index (χ2v) is 5.10. The van der Waals surface area contributed by atoms with Crippen molar-refractivity contribution in [1.82, 2.24) is 25.5 Å². The normalized spacial score (nSPS) is 18.9. The number of benzene rings is 1. The van der Waals surface area contributed by atoms with Crippen molar-refractivity contribution >= 4 is 0 Å². The maximum atomic E-state index is 4.49. The van der Waals surface area contributed by atoms with Gasteiger partial charge in [-0.3, -0.25) is 0 Å². The predicted octanol–water partition coefficient (Wildman–Crippen LogP) is 1.30. The van der Waals surface area contributed by atoms with Gasteiger partial charge < -0.3 is 5.32 Å². The first kappa shape index (κ1) is 12.3. The summed E-state index contributed by atoms with van der Waals surface area (Å²) in [5, 5.41) is 16.1. The molecule has 1 aromatic heterocycles. The Kier molecular flexibility index (Phi) is 3.55. The maximum absolute atomic E-state index is 4.49. The number of nitrogens with one attached hydrogen (secondary N) is 1. The Labute approximate surface area is 113 Å². The minimum absolute atomic E-state index is 0.375. The van der Waals surface area contributed by atoms with E-state index >= 15 is 0 Å². The van der Waals surface area contributed by atoms with E-state index in [4.69, 9.17) is 0 Å². The molecule has 1 atom stereocenters. The number of tetrazole rings is 1. The Balaban J connectivity index is 1.63. The standard InChI is InChI=1S/C14H19N5/c1-11-4-2-3-5-12(11)6-7-14-16-18-19(17-14)13-8-9-15-10-13/h2-5,13,15H,6-10H2,1H3. The largest absolute Gasteiger partial charge is 0.314 e. The quantitative estimate of drug-likeness (QED) is 0.897. The third kappa shape index (κ3) is 2.81. The van der Waals surface area contributed by atoms with Crippen molar-refractivity contribution in [3.8, 4) is 0 Å². The van der Waals surface area contributed by atoms with Crippen LogP contribution in [0.1, 0.15) is 29.4 Å². The van der Waals surface area contributed by atoms with Crippen molar-refractivity contribution in [1.29, 1.82) is 0 Å². The van der Waals surface area contributed by atoms with Gasteiger partial charge in [-0.15, -0.1) is 10.2 Å². The molecule has 0 amide bonds. The molecule has 0 spiro atoms. The highest BCUT2D eigenvalue weighted by Crippen LogP contribution is 2.13. The molecule has 1 unspecified atom stereocenters. The Morgan fingerprint density at radius 2 is 2.21 bits per heavy atom. The minimum atomic E-state index is 0.375. The van der Waals surface area contributed by atoms with Gasteiger partial charge in [-0.25, -0.2) is 0 Å². The molecule has 1 aliphatic heterocycles. The second-order valence-electron chi connectivity index (χ2n) is 5.10. The molecule has 1 aliphatic rings. The summed E-state index contributed by atoms with van der Waals surface area (Å²) < 4.78 is 0. The van der Waals surface area contributed by atoms with Gasteiger partial charge in [0.05, 0.1) is 6.04 Å². The van der Waals surface area contributed by atoms with Crippen molar-refractivity contribution in [3.63, 3.8) is 0 Å². The smallest absolute Gasteiger partial charge is 0.175 e. The first-order valence-electron chi connectivity index (χ1n) is 6.86. The molecule has 0 radical (unpaired) electrons. The average molecular weight is 257 g/mol. The lowest BCUT2D eigenvalue weighted by Gasteiger charge is -2.04. The SMILES string of the molecule is Cc1ccccc1CCc1nnn(C2CCNC2)n1. The van der Waals surface area contributed by atoms with E-state index in [1.165, 1.54) is 11.1 Å². The van der Waals surface area contributed by atoms with Crippen LogP contribution in [0, 0.1) is 6.92 Å². The summed E-state index contributed by atoms with van der Waals surface area (Å²) in [4.78, 5) is 1.77. The minimum Gasteiger partial charge on any atom is -0.314 e. The molecule has 3 rings (SSSR count). The fraction of sp³-hybridized carbons (Fsp3) is 0.500. The molecule has 1 N–H and O–H groups in total. The first-order valence-corrected chi connectivity index (χ1v) is 6.86. The number of nitrogens with zero attached hydrogens (tertiary/aromatic N) is 4. The molecule has 1 aromatic carbocycles. The fourth-order valence-electron chi connectivity index (χ4n) is 2.48. The van der Waals surface area contributed by atoms with Crippen LogP contribution >= 0.6 is 0 Å². The van der Waals surface area contributed by atoms with Crippen molar-refractivity contribution in [2.24, 2.45) is 0 Å². The van der Waals surface area contributed by atoms with Gasteiger partial charge in [0.15, 0.2) is 5.82 Å². The molecule has 1 fully saturated rings.